The van der Waals surface area contributed by atoms with E-state index in [1.165, 1.54) is 5.56 Å². The first kappa shape index (κ1) is 16.3. The van der Waals surface area contributed by atoms with Crippen LogP contribution < -0.4 is 5.32 Å². The smallest absolute Gasteiger partial charge is 0.277 e. The lowest BCUT2D eigenvalue weighted by atomic mass is 10.0. The molecule has 0 aliphatic rings. The topological polar surface area (TPSA) is 46.9 Å². The molecule has 0 saturated heterocycles. The Kier molecular flexibility index (Phi) is 4.96. The maximum atomic E-state index is 12.5. The van der Waals surface area contributed by atoms with Crippen molar-refractivity contribution in [3.63, 3.8) is 0 Å². The fourth-order valence-corrected chi connectivity index (χ4v) is 2.74. The van der Waals surface area contributed by atoms with Gasteiger partial charge in [-0.05, 0) is 30.5 Å². The minimum atomic E-state index is -0.298. The Hall–Kier alpha value is -2.59. The average Bonchev–Trinajstić information content (AvgIpc) is 2.99. The molecular weight excluding hydrogens is 322 g/mol. The Labute approximate surface area is 146 Å². The van der Waals surface area contributed by atoms with Crippen molar-refractivity contribution in [3.8, 4) is 0 Å². The van der Waals surface area contributed by atoms with E-state index in [0.717, 1.165) is 17.7 Å². The number of anilines is 1. The summed E-state index contributed by atoms with van der Waals surface area (Å²) in [6.07, 6.45) is 2.40. The van der Waals surface area contributed by atoms with Crippen LogP contribution in [0.3, 0.4) is 0 Å². The minimum Gasteiger partial charge on any atom is -0.320 e. The molecule has 0 unspecified atom stereocenters. The molecule has 5 heteroatoms. The Morgan fingerprint density at radius 3 is 2.54 bits per heavy atom. The van der Waals surface area contributed by atoms with Gasteiger partial charge in [-0.15, -0.1) is 0 Å². The van der Waals surface area contributed by atoms with Crippen molar-refractivity contribution in [1.82, 2.24) is 9.78 Å². The number of nitrogens with zero attached hydrogens (tertiary/aromatic N) is 2. The maximum Gasteiger partial charge on any atom is 0.277 e. The highest BCUT2D eigenvalue weighted by Gasteiger charge is 2.16. The first-order valence-electron chi connectivity index (χ1n) is 7.83. The standard InChI is InChI=1S/C19H18ClN3O/c1-2-23-13-16(20)18(22-23)19(24)21-17-11-7-6-10-15(17)12-14-8-4-3-5-9-14/h3-11,13H,2,12H2,1H3,(H,21,24). The van der Waals surface area contributed by atoms with Gasteiger partial charge >= 0.3 is 0 Å². The van der Waals surface area contributed by atoms with Gasteiger partial charge < -0.3 is 5.32 Å². The van der Waals surface area contributed by atoms with E-state index in [1.807, 2.05) is 49.4 Å². The van der Waals surface area contributed by atoms with Crippen LogP contribution in [0.15, 0.2) is 60.8 Å². The van der Waals surface area contributed by atoms with Gasteiger partial charge in [0, 0.05) is 18.4 Å². The number of halogens is 1. The van der Waals surface area contributed by atoms with Gasteiger partial charge in [0.2, 0.25) is 0 Å². The van der Waals surface area contributed by atoms with Crippen molar-refractivity contribution < 1.29 is 4.79 Å². The summed E-state index contributed by atoms with van der Waals surface area (Å²) in [5, 5.41) is 7.49. The predicted octanol–water partition coefficient (Wildman–Crippen LogP) is 4.40. The van der Waals surface area contributed by atoms with E-state index in [4.69, 9.17) is 11.6 Å². The Balaban J connectivity index is 1.82. The molecule has 1 amide bonds. The van der Waals surface area contributed by atoms with Gasteiger partial charge in [-0.1, -0.05) is 60.1 Å². The number of rotatable bonds is 5. The van der Waals surface area contributed by atoms with Crippen molar-refractivity contribution in [2.24, 2.45) is 0 Å². The third-order valence-corrected chi connectivity index (χ3v) is 4.04. The van der Waals surface area contributed by atoms with Crippen LogP contribution in [0.5, 0.6) is 0 Å². The average molecular weight is 340 g/mol. The van der Waals surface area contributed by atoms with E-state index >= 15 is 0 Å². The SMILES string of the molecule is CCn1cc(Cl)c(C(=O)Nc2ccccc2Cc2ccccc2)n1. The third kappa shape index (κ3) is 3.66. The van der Waals surface area contributed by atoms with Gasteiger partial charge in [-0.25, -0.2) is 0 Å². The molecular formula is C19H18ClN3O. The molecule has 0 radical (unpaired) electrons. The molecule has 1 heterocycles. The molecule has 0 atom stereocenters. The maximum absolute atomic E-state index is 12.5. The van der Waals surface area contributed by atoms with Crippen LogP contribution in [0.25, 0.3) is 0 Å². The molecule has 24 heavy (non-hydrogen) atoms. The summed E-state index contributed by atoms with van der Waals surface area (Å²) in [6, 6.07) is 17.9. The molecule has 0 bridgehead atoms. The lowest BCUT2D eigenvalue weighted by molar-refractivity contribution is 0.102. The summed E-state index contributed by atoms with van der Waals surface area (Å²) >= 11 is 6.11. The number of carbonyl (C=O) groups excluding carboxylic acids is 1. The van der Waals surface area contributed by atoms with E-state index in [0.29, 0.717) is 11.6 Å². The summed E-state index contributed by atoms with van der Waals surface area (Å²) in [7, 11) is 0. The van der Waals surface area contributed by atoms with Gasteiger partial charge in [0.25, 0.3) is 5.91 Å². The summed E-state index contributed by atoms with van der Waals surface area (Å²) in [5.41, 5.74) is 3.25. The number of para-hydroxylation sites is 1. The van der Waals surface area contributed by atoms with Crippen LogP contribution in [0, 0.1) is 0 Å². The van der Waals surface area contributed by atoms with Gasteiger partial charge in [0.1, 0.15) is 0 Å². The Morgan fingerprint density at radius 1 is 1.12 bits per heavy atom. The Morgan fingerprint density at radius 2 is 1.83 bits per heavy atom. The van der Waals surface area contributed by atoms with Gasteiger partial charge in [-0.3, -0.25) is 9.48 Å². The fourth-order valence-electron chi connectivity index (χ4n) is 2.51. The first-order valence-corrected chi connectivity index (χ1v) is 8.21. The number of benzene rings is 2. The molecule has 122 valence electrons. The second-order valence-electron chi connectivity index (χ2n) is 5.45. The van der Waals surface area contributed by atoms with E-state index in [-0.39, 0.29) is 11.6 Å². The van der Waals surface area contributed by atoms with Crippen molar-refractivity contribution >= 4 is 23.2 Å². The number of carbonyl (C=O) groups is 1. The zero-order valence-electron chi connectivity index (χ0n) is 13.4. The van der Waals surface area contributed by atoms with E-state index in [1.54, 1.807) is 10.9 Å². The number of nitrogens with one attached hydrogen (secondary N) is 1. The number of aryl methyl sites for hydroxylation is 1. The van der Waals surface area contributed by atoms with E-state index in [2.05, 4.69) is 22.5 Å². The van der Waals surface area contributed by atoms with Crippen LogP contribution in [-0.4, -0.2) is 15.7 Å². The van der Waals surface area contributed by atoms with Crippen LogP contribution in [0.4, 0.5) is 5.69 Å². The Bertz CT molecular complexity index is 843. The van der Waals surface area contributed by atoms with Gasteiger partial charge in [0.05, 0.1) is 5.02 Å². The monoisotopic (exact) mass is 339 g/mol. The van der Waals surface area contributed by atoms with Crippen LogP contribution >= 0.6 is 11.6 Å². The van der Waals surface area contributed by atoms with Crippen LogP contribution in [0.2, 0.25) is 5.02 Å². The molecule has 1 aromatic heterocycles. The fraction of sp³-hybridized carbons (Fsp3) is 0.158. The predicted molar refractivity (Wildman–Crippen MR) is 96.6 cm³/mol. The zero-order chi connectivity index (χ0) is 16.9. The van der Waals surface area contributed by atoms with Crippen LogP contribution in [0.1, 0.15) is 28.5 Å². The second-order valence-corrected chi connectivity index (χ2v) is 5.86. The van der Waals surface area contributed by atoms with Crippen molar-refractivity contribution in [2.45, 2.75) is 19.9 Å². The van der Waals surface area contributed by atoms with E-state index < -0.39 is 0 Å². The minimum absolute atomic E-state index is 0.244. The van der Waals surface area contributed by atoms with Crippen LogP contribution in [-0.2, 0) is 13.0 Å². The second kappa shape index (κ2) is 7.32. The van der Waals surface area contributed by atoms with Crippen molar-refractivity contribution in [2.75, 3.05) is 5.32 Å². The first-order chi connectivity index (χ1) is 11.7. The molecule has 4 nitrogen and oxygen atoms in total. The van der Waals surface area contributed by atoms with E-state index in [9.17, 15) is 4.79 Å². The summed E-state index contributed by atoms with van der Waals surface area (Å²) in [6.45, 7) is 2.61. The molecule has 0 aliphatic carbocycles. The molecule has 3 rings (SSSR count). The van der Waals surface area contributed by atoms with Crippen molar-refractivity contribution in [1.29, 1.82) is 0 Å². The highest BCUT2D eigenvalue weighted by atomic mass is 35.5. The summed E-state index contributed by atoms with van der Waals surface area (Å²) in [5.74, 6) is -0.298. The molecule has 2 aromatic carbocycles. The summed E-state index contributed by atoms with van der Waals surface area (Å²) < 4.78 is 1.65. The molecule has 0 saturated carbocycles. The summed E-state index contributed by atoms with van der Waals surface area (Å²) in [4.78, 5) is 12.5. The normalized spacial score (nSPS) is 10.6. The number of amides is 1. The number of hydrogen-bond donors (Lipinski definition) is 1. The number of hydrogen-bond acceptors (Lipinski definition) is 2. The molecule has 1 N–H and O–H groups in total. The molecule has 0 aliphatic heterocycles. The molecule has 0 spiro atoms. The molecule has 3 aromatic rings. The third-order valence-electron chi connectivity index (χ3n) is 3.76. The number of aromatic nitrogens is 2. The highest BCUT2D eigenvalue weighted by Crippen LogP contribution is 2.21. The van der Waals surface area contributed by atoms with Crippen molar-refractivity contribution in [3.05, 3.63) is 82.6 Å². The largest absolute Gasteiger partial charge is 0.320 e. The lowest BCUT2D eigenvalue weighted by Crippen LogP contribution is -2.15. The van der Waals surface area contributed by atoms with Gasteiger partial charge in [0.15, 0.2) is 5.69 Å². The quantitative estimate of drug-likeness (QED) is 0.749. The molecule has 0 fully saturated rings. The van der Waals surface area contributed by atoms with Gasteiger partial charge in [-0.2, -0.15) is 5.10 Å². The zero-order valence-corrected chi connectivity index (χ0v) is 14.1. The highest BCUT2D eigenvalue weighted by molar-refractivity contribution is 6.34. The lowest BCUT2D eigenvalue weighted by Gasteiger charge is -2.10.